The van der Waals surface area contributed by atoms with Crippen LogP contribution in [-0.2, 0) is 4.79 Å². The Balaban J connectivity index is 2.32. The molecule has 2 rings (SSSR count). The number of nitrogens with one attached hydrogen (secondary N) is 2. The van der Waals surface area contributed by atoms with Gasteiger partial charge in [0.05, 0.1) is 17.3 Å². The van der Waals surface area contributed by atoms with Crippen molar-refractivity contribution in [2.24, 2.45) is 0 Å². The molecule has 3 N–H and O–H groups in total. The fraction of sp³-hybridized carbons (Fsp3) is 0.533. The Hall–Kier alpha value is -1.30. The molecule has 0 saturated heterocycles. The van der Waals surface area contributed by atoms with Crippen LogP contribution in [0.2, 0.25) is 5.02 Å². The number of benzene rings is 1. The van der Waals surface area contributed by atoms with Crippen LogP contribution < -0.4 is 15.5 Å². The summed E-state index contributed by atoms with van der Waals surface area (Å²) in [6, 6.07) is 3.31. The second kappa shape index (κ2) is 6.64. The standard InChI is InChI=1S/C15H22ClN3O2/c1-4-5-17-14-10-6-11(16)13(19(3)9(2)8-20)7-12(10)18-15(14)21/h6-7,9,14,17,20H,4-5,8H2,1-3H3,(H,18,21). The number of aliphatic hydroxyl groups is 1. The van der Waals surface area contributed by atoms with E-state index in [1.165, 1.54) is 0 Å². The molecule has 1 aromatic carbocycles. The molecule has 1 aliphatic rings. The van der Waals surface area contributed by atoms with Crippen LogP contribution in [0, 0.1) is 0 Å². The predicted molar refractivity (Wildman–Crippen MR) is 86.1 cm³/mol. The Morgan fingerprint density at radius 1 is 1.52 bits per heavy atom. The highest BCUT2D eigenvalue weighted by molar-refractivity contribution is 6.33. The van der Waals surface area contributed by atoms with Crippen molar-refractivity contribution in [3.63, 3.8) is 0 Å². The van der Waals surface area contributed by atoms with Crippen LogP contribution in [-0.4, -0.2) is 37.3 Å². The summed E-state index contributed by atoms with van der Waals surface area (Å²) in [6.07, 6.45) is 0.960. The van der Waals surface area contributed by atoms with Gasteiger partial charge in [-0.1, -0.05) is 18.5 Å². The second-order valence-corrected chi connectivity index (χ2v) is 5.82. The van der Waals surface area contributed by atoms with Gasteiger partial charge in [0.25, 0.3) is 0 Å². The van der Waals surface area contributed by atoms with E-state index >= 15 is 0 Å². The lowest BCUT2D eigenvalue weighted by atomic mass is 10.1. The fourth-order valence-electron chi connectivity index (χ4n) is 2.39. The minimum atomic E-state index is -0.341. The van der Waals surface area contributed by atoms with Gasteiger partial charge in [-0.3, -0.25) is 4.79 Å². The van der Waals surface area contributed by atoms with Gasteiger partial charge in [0, 0.05) is 24.3 Å². The molecule has 21 heavy (non-hydrogen) atoms. The predicted octanol–water partition coefficient (Wildman–Crippen LogP) is 2.15. The summed E-state index contributed by atoms with van der Waals surface area (Å²) in [5, 5.41) is 16.0. The number of rotatable bonds is 6. The van der Waals surface area contributed by atoms with Crippen molar-refractivity contribution in [1.29, 1.82) is 0 Å². The number of hydrogen-bond acceptors (Lipinski definition) is 4. The van der Waals surface area contributed by atoms with Crippen molar-refractivity contribution in [1.82, 2.24) is 5.32 Å². The van der Waals surface area contributed by atoms with Crippen LogP contribution in [0.25, 0.3) is 0 Å². The maximum atomic E-state index is 12.0. The molecule has 5 nitrogen and oxygen atoms in total. The van der Waals surface area contributed by atoms with Crippen LogP contribution in [0.5, 0.6) is 0 Å². The van der Waals surface area contributed by atoms with Crippen molar-refractivity contribution in [3.05, 3.63) is 22.7 Å². The third-order valence-electron chi connectivity index (χ3n) is 3.85. The van der Waals surface area contributed by atoms with Gasteiger partial charge < -0.3 is 20.6 Å². The molecule has 2 unspecified atom stereocenters. The number of carbonyl (C=O) groups is 1. The number of anilines is 2. The molecule has 116 valence electrons. The quantitative estimate of drug-likeness (QED) is 0.753. The topological polar surface area (TPSA) is 64.6 Å². The number of likely N-dealkylation sites (N-methyl/N-ethyl adjacent to an activating group) is 1. The van der Waals surface area contributed by atoms with Gasteiger partial charge in [-0.2, -0.15) is 0 Å². The summed E-state index contributed by atoms with van der Waals surface area (Å²) in [6.45, 7) is 4.78. The van der Waals surface area contributed by atoms with E-state index in [1.807, 2.05) is 31.0 Å². The zero-order valence-electron chi connectivity index (χ0n) is 12.6. The number of hydrogen-bond donors (Lipinski definition) is 3. The first-order valence-corrected chi connectivity index (χ1v) is 7.58. The zero-order valence-corrected chi connectivity index (χ0v) is 13.4. The average Bonchev–Trinajstić information content (AvgIpc) is 2.77. The SMILES string of the molecule is CCCNC1C(=O)Nc2cc(N(C)C(C)CO)c(Cl)cc21. The fourth-order valence-corrected chi connectivity index (χ4v) is 2.70. The Morgan fingerprint density at radius 2 is 2.24 bits per heavy atom. The highest BCUT2D eigenvalue weighted by Crippen LogP contribution is 2.39. The van der Waals surface area contributed by atoms with Crippen LogP contribution in [0.1, 0.15) is 31.9 Å². The molecular formula is C15H22ClN3O2. The third-order valence-corrected chi connectivity index (χ3v) is 4.16. The van der Waals surface area contributed by atoms with Crippen LogP contribution in [0.4, 0.5) is 11.4 Å². The molecule has 0 spiro atoms. The van der Waals surface area contributed by atoms with E-state index in [9.17, 15) is 9.90 Å². The largest absolute Gasteiger partial charge is 0.394 e. The number of amides is 1. The highest BCUT2D eigenvalue weighted by atomic mass is 35.5. The van der Waals surface area contributed by atoms with Gasteiger partial charge in [-0.15, -0.1) is 0 Å². The number of fused-ring (bicyclic) bond motifs is 1. The minimum Gasteiger partial charge on any atom is -0.394 e. The number of nitrogens with zero attached hydrogens (tertiary/aromatic N) is 1. The monoisotopic (exact) mass is 311 g/mol. The Labute approximate surface area is 130 Å². The van der Waals surface area contributed by atoms with E-state index in [2.05, 4.69) is 17.6 Å². The minimum absolute atomic E-state index is 0.0386. The Kier molecular flexibility index (Phi) is 5.08. The van der Waals surface area contributed by atoms with Crippen molar-refractivity contribution < 1.29 is 9.90 Å². The zero-order chi connectivity index (χ0) is 15.6. The normalized spacial score (nSPS) is 18.3. The van der Waals surface area contributed by atoms with Crippen LogP contribution in [0.15, 0.2) is 12.1 Å². The molecule has 6 heteroatoms. The molecule has 0 aromatic heterocycles. The summed E-state index contributed by atoms with van der Waals surface area (Å²) in [5.74, 6) is -0.0514. The second-order valence-electron chi connectivity index (χ2n) is 5.41. The van der Waals surface area contributed by atoms with Crippen molar-refractivity contribution in [2.75, 3.05) is 30.4 Å². The highest BCUT2D eigenvalue weighted by Gasteiger charge is 2.31. The molecule has 0 saturated carbocycles. The number of halogens is 1. The summed E-state index contributed by atoms with van der Waals surface area (Å²) in [7, 11) is 1.87. The van der Waals surface area contributed by atoms with E-state index in [-0.39, 0.29) is 24.6 Å². The summed E-state index contributed by atoms with van der Waals surface area (Å²) >= 11 is 6.36. The van der Waals surface area contributed by atoms with Gasteiger partial charge in [-0.05, 0) is 32.0 Å². The van der Waals surface area contributed by atoms with Gasteiger partial charge >= 0.3 is 0 Å². The summed E-state index contributed by atoms with van der Waals surface area (Å²) in [5.41, 5.74) is 2.46. The summed E-state index contributed by atoms with van der Waals surface area (Å²) < 4.78 is 0. The third kappa shape index (κ3) is 3.15. The van der Waals surface area contributed by atoms with E-state index < -0.39 is 0 Å². The first-order chi connectivity index (χ1) is 9.99. The van der Waals surface area contributed by atoms with E-state index in [0.29, 0.717) is 5.02 Å². The first kappa shape index (κ1) is 16.1. The van der Waals surface area contributed by atoms with Crippen LogP contribution >= 0.6 is 11.6 Å². The number of carbonyl (C=O) groups excluding carboxylic acids is 1. The smallest absolute Gasteiger partial charge is 0.246 e. The summed E-state index contributed by atoms with van der Waals surface area (Å²) in [4.78, 5) is 14.0. The van der Waals surface area contributed by atoms with Gasteiger partial charge in [-0.25, -0.2) is 0 Å². The molecule has 0 bridgehead atoms. The lowest BCUT2D eigenvalue weighted by molar-refractivity contribution is -0.117. The Morgan fingerprint density at radius 3 is 2.86 bits per heavy atom. The van der Waals surface area contributed by atoms with Crippen molar-refractivity contribution >= 4 is 28.9 Å². The first-order valence-electron chi connectivity index (χ1n) is 7.21. The van der Waals surface area contributed by atoms with Crippen LogP contribution in [0.3, 0.4) is 0 Å². The number of aliphatic hydroxyl groups excluding tert-OH is 1. The molecule has 1 aliphatic heterocycles. The van der Waals surface area contributed by atoms with E-state index in [4.69, 9.17) is 11.6 Å². The van der Waals surface area contributed by atoms with Gasteiger partial charge in [0.1, 0.15) is 6.04 Å². The Bertz CT molecular complexity index is 536. The maximum absolute atomic E-state index is 12.0. The van der Waals surface area contributed by atoms with E-state index in [0.717, 1.165) is 29.9 Å². The van der Waals surface area contributed by atoms with Crippen molar-refractivity contribution in [3.8, 4) is 0 Å². The molecule has 0 radical (unpaired) electrons. The molecule has 1 amide bonds. The van der Waals surface area contributed by atoms with E-state index in [1.54, 1.807) is 0 Å². The lowest BCUT2D eigenvalue weighted by Gasteiger charge is -2.27. The molecular weight excluding hydrogens is 290 g/mol. The lowest BCUT2D eigenvalue weighted by Crippen LogP contribution is -2.32. The van der Waals surface area contributed by atoms with Crippen molar-refractivity contribution in [2.45, 2.75) is 32.4 Å². The van der Waals surface area contributed by atoms with Gasteiger partial charge in [0.15, 0.2) is 0 Å². The molecule has 1 aromatic rings. The van der Waals surface area contributed by atoms with Gasteiger partial charge in [0.2, 0.25) is 5.91 Å². The molecule has 0 aliphatic carbocycles. The average molecular weight is 312 g/mol. The molecule has 2 atom stereocenters. The molecule has 1 heterocycles. The maximum Gasteiger partial charge on any atom is 0.246 e. The molecule has 0 fully saturated rings.